The molecule has 140 valence electrons. The molecule has 0 fully saturated rings. The van der Waals surface area contributed by atoms with Gasteiger partial charge in [-0.05, 0) is 49.7 Å². The van der Waals surface area contributed by atoms with Crippen LogP contribution >= 0.6 is 0 Å². The van der Waals surface area contributed by atoms with Crippen LogP contribution in [0, 0.1) is 10.8 Å². The molecule has 0 saturated heterocycles. The lowest BCUT2D eigenvalue weighted by Crippen LogP contribution is -2.24. The van der Waals surface area contributed by atoms with E-state index in [0.717, 1.165) is 37.5 Å². The van der Waals surface area contributed by atoms with Gasteiger partial charge in [-0.25, -0.2) is 4.79 Å². The summed E-state index contributed by atoms with van der Waals surface area (Å²) in [5.41, 5.74) is 1.23. The van der Waals surface area contributed by atoms with E-state index in [1.54, 1.807) is 20.1 Å². The van der Waals surface area contributed by atoms with Crippen LogP contribution in [0.2, 0.25) is 0 Å². The van der Waals surface area contributed by atoms with Crippen LogP contribution in [0.4, 0.5) is 0 Å². The van der Waals surface area contributed by atoms with Crippen LogP contribution in [0.1, 0.15) is 69.8 Å². The van der Waals surface area contributed by atoms with Crippen molar-refractivity contribution in [2.75, 3.05) is 13.7 Å². The molecule has 0 spiro atoms. The van der Waals surface area contributed by atoms with Gasteiger partial charge in [0.05, 0.1) is 13.7 Å². The van der Waals surface area contributed by atoms with Crippen LogP contribution in [0.5, 0.6) is 5.75 Å². The lowest BCUT2D eigenvalue weighted by molar-refractivity contribution is -0.116. The van der Waals surface area contributed by atoms with E-state index in [1.807, 2.05) is 26.0 Å². The molecule has 0 bridgehead atoms. The third-order valence-corrected chi connectivity index (χ3v) is 4.36. The smallest absolute Gasteiger partial charge is 0.342 e. The molecule has 0 aliphatic carbocycles. The second-order valence-corrected chi connectivity index (χ2v) is 8.02. The van der Waals surface area contributed by atoms with Crippen molar-refractivity contribution >= 4 is 12.3 Å². The molecule has 25 heavy (non-hydrogen) atoms. The number of methoxy groups -OCH3 is 1. The molecule has 0 aliphatic heterocycles. The van der Waals surface area contributed by atoms with E-state index in [1.165, 1.54) is 0 Å². The molecule has 0 aliphatic rings. The van der Waals surface area contributed by atoms with Crippen molar-refractivity contribution in [3.05, 3.63) is 29.3 Å². The summed E-state index contributed by atoms with van der Waals surface area (Å²) in [6.45, 7) is 10.5. The fourth-order valence-corrected chi connectivity index (χ4v) is 3.51. The molecule has 1 aromatic carbocycles. The number of esters is 1. The minimum Gasteiger partial charge on any atom is -0.496 e. The summed E-state index contributed by atoms with van der Waals surface area (Å²) in [6.07, 6.45) is 4.56. The third-order valence-electron chi connectivity index (χ3n) is 4.36. The monoisotopic (exact) mass is 348 g/mol. The zero-order valence-electron chi connectivity index (χ0n) is 16.5. The predicted molar refractivity (Wildman–Crippen MR) is 100 cm³/mol. The van der Waals surface area contributed by atoms with Gasteiger partial charge in [0.1, 0.15) is 17.6 Å². The van der Waals surface area contributed by atoms with E-state index in [4.69, 9.17) is 9.47 Å². The Morgan fingerprint density at radius 3 is 2.44 bits per heavy atom. The summed E-state index contributed by atoms with van der Waals surface area (Å²) in [5, 5.41) is 0. The van der Waals surface area contributed by atoms with E-state index < -0.39 is 0 Å². The number of hydrogen-bond acceptors (Lipinski definition) is 4. The average molecular weight is 348 g/mol. The minimum absolute atomic E-state index is 0.0629. The van der Waals surface area contributed by atoms with Gasteiger partial charge in [0.25, 0.3) is 0 Å². The number of benzene rings is 1. The van der Waals surface area contributed by atoms with Gasteiger partial charge in [-0.15, -0.1) is 0 Å². The molecule has 0 unspecified atom stereocenters. The highest BCUT2D eigenvalue weighted by Gasteiger charge is 2.28. The van der Waals surface area contributed by atoms with Crippen molar-refractivity contribution in [3.8, 4) is 5.75 Å². The van der Waals surface area contributed by atoms with Crippen molar-refractivity contribution in [2.45, 2.75) is 60.3 Å². The van der Waals surface area contributed by atoms with Gasteiger partial charge in [-0.3, -0.25) is 0 Å². The Morgan fingerprint density at radius 1 is 1.20 bits per heavy atom. The maximum Gasteiger partial charge on any atom is 0.342 e. The van der Waals surface area contributed by atoms with E-state index in [2.05, 4.69) is 13.8 Å². The molecule has 0 heterocycles. The van der Waals surface area contributed by atoms with Crippen molar-refractivity contribution < 1.29 is 19.1 Å². The summed E-state index contributed by atoms with van der Waals surface area (Å²) in [7, 11) is 1.56. The summed E-state index contributed by atoms with van der Waals surface area (Å²) in [6, 6.07) is 5.64. The van der Waals surface area contributed by atoms with E-state index in [-0.39, 0.29) is 16.8 Å². The molecule has 4 heteroatoms. The number of hydrogen-bond donors (Lipinski definition) is 0. The van der Waals surface area contributed by atoms with Gasteiger partial charge in [-0.1, -0.05) is 39.8 Å². The van der Waals surface area contributed by atoms with Crippen LogP contribution in [0.15, 0.2) is 18.2 Å². The summed E-state index contributed by atoms with van der Waals surface area (Å²) in [4.78, 5) is 23.5. The average Bonchev–Trinajstić information content (AvgIpc) is 2.53. The molecule has 1 aromatic rings. The van der Waals surface area contributed by atoms with Gasteiger partial charge in [0, 0.05) is 5.41 Å². The fourth-order valence-electron chi connectivity index (χ4n) is 3.51. The largest absolute Gasteiger partial charge is 0.496 e. The number of aldehydes is 1. The third kappa shape index (κ3) is 6.52. The molecule has 4 nitrogen and oxygen atoms in total. The fraction of sp³-hybridized carbons (Fsp3) is 0.619. The SMILES string of the molecule is CCOC(=O)c1c(CCCC(C)(C)CC(C)(C)C=O)cccc1OC. The normalized spacial score (nSPS) is 11.9. The maximum atomic E-state index is 12.3. The van der Waals surface area contributed by atoms with Crippen LogP contribution < -0.4 is 4.74 Å². The maximum absolute atomic E-state index is 12.3. The van der Waals surface area contributed by atoms with Gasteiger partial charge in [-0.2, -0.15) is 0 Å². The molecule has 1 rings (SSSR count). The Balaban J connectivity index is 2.83. The van der Waals surface area contributed by atoms with Gasteiger partial charge >= 0.3 is 5.97 Å². The van der Waals surface area contributed by atoms with E-state index in [9.17, 15) is 9.59 Å². The number of ether oxygens (including phenoxy) is 2. The first-order valence-corrected chi connectivity index (χ1v) is 8.95. The van der Waals surface area contributed by atoms with Crippen molar-refractivity contribution in [1.29, 1.82) is 0 Å². The van der Waals surface area contributed by atoms with Crippen LogP contribution in [-0.4, -0.2) is 26.0 Å². The van der Waals surface area contributed by atoms with Gasteiger partial charge in [0.2, 0.25) is 0 Å². The molecule has 0 amide bonds. The Morgan fingerprint density at radius 2 is 1.88 bits per heavy atom. The zero-order chi connectivity index (χ0) is 19.1. The molecule has 0 N–H and O–H groups in total. The van der Waals surface area contributed by atoms with E-state index in [0.29, 0.717) is 17.9 Å². The molecular formula is C21H32O4. The quantitative estimate of drug-likeness (QED) is 0.449. The number of carbonyl (C=O) groups is 2. The first kappa shape index (κ1) is 21.2. The van der Waals surface area contributed by atoms with Crippen LogP contribution in [0.3, 0.4) is 0 Å². The highest BCUT2D eigenvalue weighted by atomic mass is 16.5. The Kier molecular flexibility index (Phi) is 7.65. The Labute approximate surface area is 151 Å². The lowest BCUT2D eigenvalue weighted by atomic mass is 9.73. The highest BCUT2D eigenvalue weighted by Crippen LogP contribution is 2.36. The summed E-state index contributed by atoms with van der Waals surface area (Å²) in [5.74, 6) is 0.216. The van der Waals surface area contributed by atoms with E-state index >= 15 is 0 Å². The minimum atomic E-state index is -0.337. The summed E-state index contributed by atoms with van der Waals surface area (Å²) >= 11 is 0. The predicted octanol–water partition coefficient (Wildman–Crippen LogP) is 4.84. The Bertz CT molecular complexity index is 588. The second-order valence-electron chi connectivity index (χ2n) is 8.02. The molecule has 0 saturated carbocycles. The van der Waals surface area contributed by atoms with Gasteiger partial charge < -0.3 is 14.3 Å². The second kappa shape index (κ2) is 9.02. The van der Waals surface area contributed by atoms with Gasteiger partial charge in [0.15, 0.2) is 0 Å². The molecule has 0 atom stereocenters. The molecule has 0 aromatic heterocycles. The molecular weight excluding hydrogens is 316 g/mol. The van der Waals surface area contributed by atoms with Crippen molar-refractivity contribution in [2.24, 2.45) is 10.8 Å². The van der Waals surface area contributed by atoms with Crippen LogP contribution in [-0.2, 0) is 16.0 Å². The highest BCUT2D eigenvalue weighted by molar-refractivity contribution is 5.94. The number of aryl methyl sites for hydroxylation is 1. The number of carbonyl (C=O) groups excluding carboxylic acids is 2. The molecule has 0 radical (unpaired) electrons. The first-order valence-electron chi connectivity index (χ1n) is 8.95. The van der Waals surface area contributed by atoms with Crippen molar-refractivity contribution in [3.63, 3.8) is 0 Å². The zero-order valence-corrected chi connectivity index (χ0v) is 16.5. The van der Waals surface area contributed by atoms with Crippen molar-refractivity contribution in [1.82, 2.24) is 0 Å². The first-order chi connectivity index (χ1) is 11.7. The topological polar surface area (TPSA) is 52.6 Å². The standard InChI is InChI=1S/C21H32O4/c1-7-25-19(23)18-16(10-8-12-17(18)24-6)11-9-13-20(2,3)14-21(4,5)15-22/h8,10,12,15H,7,9,11,13-14H2,1-6H3. The lowest BCUT2D eigenvalue weighted by Gasteiger charge is -2.31. The Hall–Kier alpha value is -1.84. The van der Waals surface area contributed by atoms with Crippen LogP contribution in [0.25, 0.3) is 0 Å². The summed E-state index contributed by atoms with van der Waals surface area (Å²) < 4.78 is 10.5. The number of rotatable bonds is 10.